The van der Waals surface area contributed by atoms with E-state index >= 15 is 0 Å². The number of benzene rings is 1. The molecule has 1 aromatic rings. The van der Waals surface area contributed by atoms with E-state index in [9.17, 15) is 13.2 Å². The smallest absolute Gasteiger partial charge is 0.328 e. The second-order valence-electron chi connectivity index (χ2n) is 3.90. The predicted molar refractivity (Wildman–Crippen MR) is 74.5 cm³/mol. The first kappa shape index (κ1) is 15.6. The van der Waals surface area contributed by atoms with Gasteiger partial charge >= 0.3 is 6.03 Å². The molecule has 0 heterocycles. The molecule has 0 aliphatic carbocycles. The lowest BCUT2D eigenvalue weighted by Gasteiger charge is -2.09. The van der Waals surface area contributed by atoms with Gasteiger partial charge in [-0.15, -0.1) is 0 Å². The van der Waals surface area contributed by atoms with Gasteiger partial charge in [0, 0.05) is 6.54 Å². The number of hydrogen-bond donors (Lipinski definition) is 3. The molecule has 1 aromatic carbocycles. The van der Waals surface area contributed by atoms with E-state index in [1.165, 1.54) is 18.2 Å². The maximum Gasteiger partial charge on any atom is 0.328 e. The fourth-order valence-corrected chi connectivity index (χ4v) is 2.37. The lowest BCUT2D eigenvalue weighted by atomic mass is 10.3. The first-order chi connectivity index (χ1) is 8.86. The van der Waals surface area contributed by atoms with Crippen LogP contribution in [0.4, 0.5) is 10.5 Å². The predicted octanol–water partition coefficient (Wildman–Crippen LogP) is 1.71. The van der Waals surface area contributed by atoms with Crippen LogP contribution in [0.15, 0.2) is 23.1 Å². The van der Waals surface area contributed by atoms with Crippen molar-refractivity contribution in [3.63, 3.8) is 0 Å². The van der Waals surface area contributed by atoms with E-state index in [0.717, 1.165) is 12.8 Å². The number of hydrogen-bond acceptors (Lipinski definition) is 4. The number of anilines is 1. The average Bonchev–Trinajstić information content (AvgIpc) is 2.32. The summed E-state index contributed by atoms with van der Waals surface area (Å²) in [5.41, 5.74) is 5.66. The molecule has 2 amide bonds. The van der Waals surface area contributed by atoms with E-state index in [-0.39, 0.29) is 15.6 Å². The minimum Gasteiger partial charge on any atom is -0.397 e. The zero-order valence-corrected chi connectivity index (χ0v) is 12.0. The summed E-state index contributed by atoms with van der Waals surface area (Å²) < 4.78 is 25.6. The molecule has 0 bridgehead atoms. The quantitative estimate of drug-likeness (QED) is 0.569. The molecule has 4 N–H and O–H groups in total. The molecule has 0 aliphatic heterocycles. The van der Waals surface area contributed by atoms with Crippen molar-refractivity contribution >= 4 is 33.3 Å². The Morgan fingerprint density at radius 2 is 2.11 bits per heavy atom. The molecule has 6 nitrogen and oxygen atoms in total. The Balaban J connectivity index is 2.75. The summed E-state index contributed by atoms with van der Waals surface area (Å²) in [6, 6.07) is 3.08. The molecular weight excluding hydrogens is 290 g/mol. The fourth-order valence-electron chi connectivity index (χ4n) is 1.28. The number of halogens is 1. The topological polar surface area (TPSA) is 101 Å². The second kappa shape index (κ2) is 6.63. The minimum absolute atomic E-state index is 0.111. The lowest BCUT2D eigenvalue weighted by Crippen LogP contribution is -2.39. The Kier molecular flexibility index (Phi) is 5.44. The normalized spacial score (nSPS) is 11.1. The molecule has 0 saturated heterocycles. The highest BCUT2D eigenvalue weighted by molar-refractivity contribution is 7.90. The monoisotopic (exact) mass is 305 g/mol. The number of nitrogens with two attached hydrogens (primary N) is 1. The van der Waals surface area contributed by atoms with Crippen molar-refractivity contribution < 1.29 is 13.2 Å². The van der Waals surface area contributed by atoms with Crippen LogP contribution in [0, 0.1) is 0 Å². The van der Waals surface area contributed by atoms with Crippen molar-refractivity contribution in [1.82, 2.24) is 10.0 Å². The summed E-state index contributed by atoms with van der Waals surface area (Å²) in [5.74, 6) is 0. The highest BCUT2D eigenvalue weighted by atomic mass is 35.5. The van der Waals surface area contributed by atoms with E-state index < -0.39 is 16.1 Å². The van der Waals surface area contributed by atoms with Crippen LogP contribution in [-0.4, -0.2) is 21.0 Å². The average molecular weight is 306 g/mol. The summed E-state index contributed by atoms with van der Waals surface area (Å²) >= 11 is 5.70. The number of unbranched alkanes of at least 4 members (excludes halogenated alkanes) is 1. The molecule has 0 spiro atoms. The number of nitrogen functional groups attached to an aromatic ring is 1. The van der Waals surface area contributed by atoms with Crippen LogP contribution in [0.1, 0.15) is 19.8 Å². The Labute approximate surface area is 117 Å². The first-order valence-electron chi connectivity index (χ1n) is 5.72. The van der Waals surface area contributed by atoms with Crippen molar-refractivity contribution in [2.24, 2.45) is 0 Å². The molecule has 106 valence electrons. The molecule has 1 rings (SSSR count). The molecule has 0 fully saturated rings. The number of carbonyl (C=O) groups is 1. The van der Waals surface area contributed by atoms with E-state index in [2.05, 4.69) is 5.32 Å². The van der Waals surface area contributed by atoms with Crippen LogP contribution in [0.3, 0.4) is 0 Å². The van der Waals surface area contributed by atoms with Crippen molar-refractivity contribution in [2.45, 2.75) is 24.7 Å². The van der Waals surface area contributed by atoms with E-state index in [1.807, 2.05) is 11.6 Å². The third-order valence-corrected chi connectivity index (χ3v) is 3.99. The molecule has 0 aliphatic rings. The Morgan fingerprint density at radius 3 is 2.68 bits per heavy atom. The van der Waals surface area contributed by atoms with Crippen molar-refractivity contribution in [1.29, 1.82) is 0 Å². The van der Waals surface area contributed by atoms with Crippen LogP contribution in [0.5, 0.6) is 0 Å². The van der Waals surface area contributed by atoms with Gasteiger partial charge in [0.1, 0.15) is 0 Å². The second-order valence-corrected chi connectivity index (χ2v) is 5.99. The maximum atomic E-state index is 11.9. The van der Waals surface area contributed by atoms with Crippen molar-refractivity contribution in [3.8, 4) is 0 Å². The molecule has 8 heteroatoms. The number of sulfonamides is 1. The van der Waals surface area contributed by atoms with Gasteiger partial charge < -0.3 is 11.1 Å². The van der Waals surface area contributed by atoms with Gasteiger partial charge in [-0.1, -0.05) is 24.9 Å². The SMILES string of the molecule is CCCCNC(=O)NS(=O)(=O)c1ccc(Cl)c(N)c1. The molecule has 0 saturated carbocycles. The van der Waals surface area contributed by atoms with Crippen molar-refractivity contribution in [3.05, 3.63) is 23.2 Å². The number of rotatable bonds is 5. The van der Waals surface area contributed by atoms with Gasteiger partial charge in [0.15, 0.2) is 0 Å². The van der Waals surface area contributed by atoms with Crippen LogP contribution in [0.2, 0.25) is 5.02 Å². The first-order valence-corrected chi connectivity index (χ1v) is 7.58. The standard InChI is InChI=1S/C11H16ClN3O3S/c1-2-3-6-14-11(16)15-19(17,18)8-4-5-9(12)10(13)7-8/h4-5,7H,2-3,6,13H2,1H3,(H2,14,15,16). The van der Waals surface area contributed by atoms with Crippen molar-refractivity contribution in [2.75, 3.05) is 12.3 Å². The summed E-state index contributed by atoms with van der Waals surface area (Å²) in [7, 11) is -3.94. The molecule has 0 atom stereocenters. The van der Waals surface area contributed by atoms with Gasteiger partial charge in [0.2, 0.25) is 0 Å². The van der Waals surface area contributed by atoms with Crippen LogP contribution < -0.4 is 15.8 Å². The lowest BCUT2D eigenvalue weighted by molar-refractivity contribution is 0.245. The summed E-state index contributed by atoms with van der Waals surface area (Å²) in [6.45, 7) is 2.38. The summed E-state index contributed by atoms with van der Waals surface area (Å²) in [6.07, 6.45) is 1.68. The van der Waals surface area contributed by atoms with E-state index in [1.54, 1.807) is 0 Å². The maximum absolute atomic E-state index is 11.9. The van der Waals surface area contributed by atoms with Gasteiger partial charge in [0.05, 0.1) is 15.6 Å². The molecule has 19 heavy (non-hydrogen) atoms. The third kappa shape index (κ3) is 4.60. The Hall–Kier alpha value is -1.47. The van der Waals surface area contributed by atoms with Crippen LogP contribution in [-0.2, 0) is 10.0 Å². The summed E-state index contributed by atoms with van der Waals surface area (Å²) in [4.78, 5) is 11.3. The molecule has 0 radical (unpaired) electrons. The zero-order valence-electron chi connectivity index (χ0n) is 10.4. The van der Waals surface area contributed by atoms with E-state index in [0.29, 0.717) is 6.54 Å². The zero-order chi connectivity index (χ0) is 14.5. The van der Waals surface area contributed by atoms with Gasteiger partial charge in [-0.3, -0.25) is 0 Å². The van der Waals surface area contributed by atoms with E-state index in [4.69, 9.17) is 17.3 Å². The summed E-state index contributed by atoms with van der Waals surface area (Å²) in [5, 5.41) is 2.70. The van der Waals surface area contributed by atoms with Gasteiger partial charge in [-0.25, -0.2) is 17.9 Å². The molecular formula is C11H16ClN3O3S. The van der Waals surface area contributed by atoms with Gasteiger partial charge in [-0.2, -0.15) is 0 Å². The fraction of sp³-hybridized carbons (Fsp3) is 0.364. The number of carbonyl (C=O) groups excluding carboxylic acids is 1. The number of nitrogens with one attached hydrogen (secondary N) is 2. The Bertz CT molecular complexity index is 560. The number of urea groups is 1. The number of amides is 2. The van der Waals surface area contributed by atoms with Crippen LogP contribution in [0.25, 0.3) is 0 Å². The highest BCUT2D eigenvalue weighted by Crippen LogP contribution is 2.21. The minimum atomic E-state index is -3.94. The van der Waals surface area contributed by atoms with Crippen LogP contribution >= 0.6 is 11.6 Å². The highest BCUT2D eigenvalue weighted by Gasteiger charge is 2.18. The largest absolute Gasteiger partial charge is 0.397 e. The van der Waals surface area contributed by atoms with Gasteiger partial charge in [0.25, 0.3) is 10.0 Å². The third-order valence-electron chi connectivity index (χ3n) is 2.32. The molecule has 0 aromatic heterocycles. The van der Waals surface area contributed by atoms with Gasteiger partial charge in [-0.05, 0) is 24.6 Å². The Morgan fingerprint density at radius 1 is 1.42 bits per heavy atom. The molecule has 0 unspecified atom stereocenters.